The quantitative estimate of drug-likeness (QED) is 0.853. The Morgan fingerprint density at radius 1 is 1.15 bits per heavy atom. The summed E-state index contributed by atoms with van der Waals surface area (Å²) in [6.07, 6.45) is 8.36. The van der Waals surface area contributed by atoms with Crippen molar-refractivity contribution in [1.82, 2.24) is 9.97 Å². The van der Waals surface area contributed by atoms with E-state index in [2.05, 4.69) is 9.97 Å². The Morgan fingerprint density at radius 3 is 2.80 bits per heavy atom. The predicted octanol–water partition coefficient (Wildman–Crippen LogP) is 3.60. The first-order valence-corrected chi connectivity index (χ1v) is 7.29. The van der Waals surface area contributed by atoms with E-state index in [1.807, 2.05) is 18.2 Å². The predicted molar refractivity (Wildman–Crippen MR) is 78.2 cm³/mol. The summed E-state index contributed by atoms with van der Waals surface area (Å²) in [5, 5.41) is 0. The Balaban J connectivity index is 1.79. The van der Waals surface area contributed by atoms with Crippen LogP contribution in [0.25, 0.3) is 11.0 Å². The molecule has 1 aliphatic rings. The molecule has 3 rings (SSSR count). The molecule has 0 N–H and O–H groups in total. The van der Waals surface area contributed by atoms with Crippen molar-refractivity contribution in [2.24, 2.45) is 5.92 Å². The van der Waals surface area contributed by atoms with Crippen molar-refractivity contribution >= 4 is 11.0 Å². The molecule has 0 aromatic carbocycles. The zero-order valence-electron chi connectivity index (χ0n) is 11.8. The fourth-order valence-corrected chi connectivity index (χ4v) is 2.78. The van der Waals surface area contributed by atoms with Crippen molar-refractivity contribution in [1.29, 1.82) is 0 Å². The van der Waals surface area contributed by atoms with Gasteiger partial charge in [0.15, 0.2) is 0 Å². The minimum Gasteiger partial charge on any atom is -0.491 e. The van der Waals surface area contributed by atoms with Crippen LogP contribution in [0.4, 0.5) is 0 Å². The summed E-state index contributed by atoms with van der Waals surface area (Å²) < 4.78 is 11.2. The average molecular weight is 272 g/mol. The van der Waals surface area contributed by atoms with Crippen molar-refractivity contribution in [3.8, 4) is 11.6 Å². The van der Waals surface area contributed by atoms with Gasteiger partial charge in [-0.2, -0.15) is 0 Å². The monoisotopic (exact) mass is 272 g/mol. The van der Waals surface area contributed by atoms with Crippen LogP contribution in [0.1, 0.15) is 32.1 Å². The topological polar surface area (TPSA) is 44.2 Å². The van der Waals surface area contributed by atoms with Crippen molar-refractivity contribution in [2.45, 2.75) is 32.1 Å². The maximum absolute atomic E-state index is 6.00. The highest BCUT2D eigenvalue weighted by Gasteiger charge is 2.15. The normalized spacial score (nSPS) is 16.2. The Kier molecular flexibility index (Phi) is 4.00. The van der Waals surface area contributed by atoms with Gasteiger partial charge in [-0.15, -0.1) is 0 Å². The first-order valence-electron chi connectivity index (χ1n) is 7.29. The number of hydrogen-bond donors (Lipinski definition) is 0. The van der Waals surface area contributed by atoms with Gasteiger partial charge in [0.05, 0.1) is 19.2 Å². The molecule has 0 spiro atoms. The second-order valence-corrected chi connectivity index (χ2v) is 5.35. The molecule has 0 saturated heterocycles. The number of methoxy groups -OCH3 is 1. The third kappa shape index (κ3) is 2.84. The van der Waals surface area contributed by atoms with Crippen LogP contribution in [0.3, 0.4) is 0 Å². The van der Waals surface area contributed by atoms with E-state index >= 15 is 0 Å². The van der Waals surface area contributed by atoms with E-state index in [9.17, 15) is 0 Å². The fraction of sp³-hybridized carbons (Fsp3) is 0.500. The Labute approximate surface area is 119 Å². The molecular weight excluding hydrogens is 252 g/mol. The van der Waals surface area contributed by atoms with Gasteiger partial charge in [0.25, 0.3) is 0 Å². The Morgan fingerprint density at radius 2 is 2.00 bits per heavy atom. The van der Waals surface area contributed by atoms with Crippen molar-refractivity contribution in [3.63, 3.8) is 0 Å². The summed E-state index contributed by atoms with van der Waals surface area (Å²) in [5.41, 5.74) is 1.62. The Bertz CT molecular complexity index is 580. The number of pyridine rings is 2. The summed E-state index contributed by atoms with van der Waals surface area (Å²) in [5.74, 6) is 2.07. The maximum Gasteiger partial charge on any atom is 0.213 e. The van der Waals surface area contributed by atoms with Gasteiger partial charge in [0.2, 0.25) is 5.88 Å². The first kappa shape index (κ1) is 13.2. The van der Waals surface area contributed by atoms with Gasteiger partial charge in [-0.05, 0) is 24.8 Å². The molecule has 0 bridgehead atoms. The molecule has 1 aliphatic carbocycles. The van der Waals surface area contributed by atoms with Crippen molar-refractivity contribution < 1.29 is 9.47 Å². The van der Waals surface area contributed by atoms with Gasteiger partial charge in [-0.3, -0.25) is 4.98 Å². The van der Waals surface area contributed by atoms with E-state index in [4.69, 9.17) is 9.47 Å². The molecule has 0 radical (unpaired) electrons. The third-order valence-corrected chi connectivity index (χ3v) is 3.93. The summed E-state index contributed by atoms with van der Waals surface area (Å²) in [6.45, 7) is 0.776. The largest absolute Gasteiger partial charge is 0.491 e. The molecule has 4 heteroatoms. The lowest BCUT2D eigenvalue weighted by Crippen LogP contribution is -2.15. The molecule has 0 aliphatic heterocycles. The highest BCUT2D eigenvalue weighted by Crippen LogP contribution is 2.27. The SMILES string of the molecule is COc1ccc2nccc(OCC3CCCCC3)c2n1. The van der Waals surface area contributed by atoms with Crippen LogP contribution in [0.2, 0.25) is 0 Å². The van der Waals surface area contributed by atoms with Crippen LogP contribution in [-0.2, 0) is 0 Å². The smallest absolute Gasteiger partial charge is 0.213 e. The summed E-state index contributed by atoms with van der Waals surface area (Å²) in [4.78, 5) is 8.76. The molecule has 4 nitrogen and oxygen atoms in total. The van der Waals surface area contributed by atoms with E-state index in [-0.39, 0.29) is 0 Å². The molecule has 0 atom stereocenters. The van der Waals surface area contributed by atoms with Crippen molar-refractivity contribution in [3.05, 3.63) is 24.4 Å². The minimum absolute atomic E-state index is 0.591. The second-order valence-electron chi connectivity index (χ2n) is 5.35. The van der Waals surface area contributed by atoms with Crippen LogP contribution in [0.15, 0.2) is 24.4 Å². The van der Waals surface area contributed by atoms with Gasteiger partial charge in [-0.25, -0.2) is 4.98 Å². The van der Waals surface area contributed by atoms with E-state index in [0.29, 0.717) is 11.8 Å². The lowest BCUT2D eigenvalue weighted by atomic mass is 9.90. The molecule has 2 aromatic heterocycles. The number of aromatic nitrogens is 2. The maximum atomic E-state index is 6.00. The van der Waals surface area contributed by atoms with E-state index in [1.54, 1.807) is 13.3 Å². The standard InChI is InChI=1S/C16H20N2O2/c1-19-15-8-7-13-16(18-15)14(9-10-17-13)20-11-12-5-3-2-4-6-12/h7-10,12H,2-6,11H2,1H3. The number of fused-ring (bicyclic) bond motifs is 1. The minimum atomic E-state index is 0.591. The van der Waals surface area contributed by atoms with E-state index in [1.165, 1.54) is 32.1 Å². The number of hydrogen-bond acceptors (Lipinski definition) is 4. The molecule has 2 aromatic rings. The van der Waals surface area contributed by atoms with Crippen LogP contribution >= 0.6 is 0 Å². The average Bonchev–Trinajstić information content (AvgIpc) is 2.53. The lowest BCUT2D eigenvalue weighted by Gasteiger charge is -2.21. The van der Waals surface area contributed by atoms with Crippen molar-refractivity contribution in [2.75, 3.05) is 13.7 Å². The second kappa shape index (κ2) is 6.07. The van der Waals surface area contributed by atoms with Gasteiger partial charge in [0.1, 0.15) is 11.3 Å². The molecule has 1 saturated carbocycles. The van der Waals surface area contributed by atoms with Gasteiger partial charge < -0.3 is 9.47 Å². The highest BCUT2D eigenvalue weighted by atomic mass is 16.5. The van der Waals surface area contributed by atoms with Crippen LogP contribution in [-0.4, -0.2) is 23.7 Å². The zero-order valence-corrected chi connectivity index (χ0v) is 11.8. The molecule has 106 valence electrons. The number of nitrogens with zero attached hydrogens (tertiary/aromatic N) is 2. The van der Waals surface area contributed by atoms with Gasteiger partial charge >= 0.3 is 0 Å². The Hall–Kier alpha value is -1.84. The van der Waals surface area contributed by atoms with Crippen LogP contribution in [0.5, 0.6) is 11.6 Å². The highest BCUT2D eigenvalue weighted by molar-refractivity contribution is 5.80. The van der Waals surface area contributed by atoms with Crippen LogP contribution < -0.4 is 9.47 Å². The molecule has 0 amide bonds. The fourth-order valence-electron chi connectivity index (χ4n) is 2.78. The number of rotatable bonds is 4. The van der Waals surface area contributed by atoms with Crippen LogP contribution in [0, 0.1) is 5.92 Å². The van der Waals surface area contributed by atoms with Gasteiger partial charge in [0, 0.05) is 18.3 Å². The zero-order chi connectivity index (χ0) is 13.8. The van der Waals surface area contributed by atoms with E-state index < -0.39 is 0 Å². The molecular formula is C16H20N2O2. The molecule has 2 heterocycles. The summed E-state index contributed by atoms with van der Waals surface area (Å²) in [7, 11) is 1.62. The molecule has 20 heavy (non-hydrogen) atoms. The molecule has 1 fully saturated rings. The number of ether oxygens (including phenoxy) is 2. The van der Waals surface area contributed by atoms with E-state index in [0.717, 1.165) is 23.4 Å². The third-order valence-electron chi connectivity index (χ3n) is 3.93. The summed E-state index contributed by atoms with van der Waals surface area (Å²) in [6, 6.07) is 5.62. The lowest BCUT2D eigenvalue weighted by molar-refractivity contribution is 0.210. The summed E-state index contributed by atoms with van der Waals surface area (Å²) >= 11 is 0. The van der Waals surface area contributed by atoms with Gasteiger partial charge in [-0.1, -0.05) is 19.3 Å². The molecule has 0 unspecified atom stereocenters. The first-order chi connectivity index (χ1) is 9.86.